The van der Waals surface area contributed by atoms with Gasteiger partial charge < -0.3 is 14.2 Å². The predicted molar refractivity (Wildman–Crippen MR) is 99.1 cm³/mol. The Hall–Kier alpha value is -2.89. The highest BCUT2D eigenvalue weighted by atomic mass is 16.5. The maximum Gasteiger partial charge on any atom is 0.227 e. The van der Waals surface area contributed by atoms with Crippen LogP contribution >= 0.6 is 0 Å². The first-order valence-electron chi connectivity index (χ1n) is 8.83. The topological polar surface area (TPSA) is 60.2 Å². The second kappa shape index (κ2) is 6.78. The summed E-state index contributed by atoms with van der Waals surface area (Å²) in [6.45, 7) is 1.47. The minimum absolute atomic E-state index is 0.137. The van der Waals surface area contributed by atoms with Crippen LogP contribution in [0.2, 0.25) is 0 Å². The highest BCUT2D eigenvalue weighted by Gasteiger charge is 2.30. The Morgan fingerprint density at radius 3 is 2.96 bits per heavy atom. The van der Waals surface area contributed by atoms with E-state index in [0.29, 0.717) is 13.0 Å². The fourth-order valence-electron chi connectivity index (χ4n) is 3.74. The third-order valence-electron chi connectivity index (χ3n) is 5.16. The molecule has 0 radical (unpaired) electrons. The van der Waals surface area contributed by atoms with Crippen LogP contribution in [0.5, 0.6) is 5.75 Å². The number of amides is 1. The molecule has 1 aromatic carbocycles. The summed E-state index contributed by atoms with van der Waals surface area (Å²) < 4.78 is 7.46. The van der Waals surface area contributed by atoms with Gasteiger partial charge in [-0.25, -0.2) is 4.98 Å². The number of nitrogens with zero attached hydrogens (tertiary/aromatic N) is 4. The zero-order valence-corrected chi connectivity index (χ0v) is 15.1. The minimum atomic E-state index is 0.137. The van der Waals surface area contributed by atoms with Gasteiger partial charge in [-0.3, -0.25) is 9.78 Å². The van der Waals surface area contributed by atoms with E-state index >= 15 is 0 Å². The SMILES string of the molecule is COc1ccccc1CC(=O)N1CCC(c2nc3ccncc3n2C)C1. The summed E-state index contributed by atoms with van der Waals surface area (Å²) in [7, 11) is 3.65. The smallest absolute Gasteiger partial charge is 0.227 e. The predicted octanol–water partition coefficient (Wildman–Crippen LogP) is 2.54. The van der Waals surface area contributed by atoms with Gasteiger partial charge in [-0.2, -0.15) is 0 Å². The van der Waals surface area contributed by atoms with Crippen molar-refractivity contribution in [2.75, 3.05) is 20.2 Å². The van der Waals surface area contributed by atoms with Crippen LogP contribution in [0.3, 0.4) is 0 Å². The highest BCUT2D eigenvalue weighted by molar-refractivity contribution is 5.80. The van der Waals surface area contributed by atoms with Gasteiger partial charge in [0.2, 0.25) is 5.91 Å². The molecule has 2 aromatic heterocycles. The van der Waals surface area contributed by atoms with Crippen molar-refractivity contribution >= 4 is 16.9 Å². The van der Waals surface area contributed by atoms with Crippen molar-refractivity contribution in [3.63, 3.8) is 0 Å². The summed E-state index contributed by atoms with van der Waals surface area (Å²) in [6, 6.07) is 9.62. The Labute approximate surface area is 152 Å². The molecule has 26 heavy (non-hydrogen) atoms. The zero-order valence-electron chi connectivity index (χ0n) is 15.1. The fourth-order valence-corrected chi connectivity index (χ4v) is 3.74. The molecule has 3 aromatic rings. The number of benzene rings is 1. The van der Waals surface area contributed by atoms with E-state index in [9.17, 15) is 4.79 Å². The lowest BCUT2D eigenvalue weighted by molar-refractivity contribution is -0.129. The van der Waals surface area contributed by atoms with E-state index in [1.807, 2.05) is 48.5 Å². The first-order valence-corrected chi connectivity index (χ1v) is 8.83. The summed E-state index contributed by atoms with van der Waals surface area (Å²) in [6.07, 6.45) is 4.90. The lowest BCUT2D eigenvalue weighted by atomic mass is 10.1. The van der Waals surface area contributed by atoms with Gasteiger partial charge in [0.15, 0.2) is 0 Å². The van der Waals surface area contributed by atoms with E-state index in [1.54, 1.807) is 13.3 Å². The lowest BCUT2D eigenvalue weighted by Crippen LogP contribution is -2.30. The molecule has 0 saturated carbocycles. The van der Waals surface area contributed by atoms with Crippen LogP contribution in [0.15, 0.2) is 42.7 Å². The normalized spacial score (nSPS) is 17.0. The Bertz CT molecular complexity index is 950. The van der Waals surface area contributed by atoms with Crippen molar-refractivity contribution in [2.45, 2.75) is 18.8 Å². The van der Waals surface area contributed by atoms with Crippen LogP contribution in [-0.4, -0.2) is 45.5 Å². The number of pyridine rings is 1. The van der Waals surface area contributed by atoms with Crippen molar-refractivity contribution in [1.29, 1.82) is 0 Å². The van der Waals surface area contributed by atoms with E-state index in [0.717, 1.165) is 41.1 Å². The number of hydrogen-bond acceptors (Lipinski definition) is 4. The van der Waals surface area contributed by atoms with Gasteiger partial charge in [0.05, 0.1) is 30.8 Å². The number of ether oxygens (including phenoxy) is 1. The molecule has 0 N–H and O–H groups in total. The number of likely N-dealkylation sites (tertiary alicyclic amines) is 1. The third-order valence-corrected chi connectivity index (χ3v) is 5.16. The number of aryl methyl sites for hydroxylation is 1. The van der Waals surface area contributed by atoms with Gasteiger partial charge >= 0.3 is 0 Å². The van der Waals surface area contributed by atoms with Crippen LogP contribution in [-0.2, 0) is 18.3 Å². The quantitative estimate of drug-likeness (QED) is 0.725. The molecule has 6 heteroatoms. The van der Waals surface area contributed by atoms with Gasteiger partial charge in [-0.15, -0.1) is 0 Å². The van der Waals surface area contributed by atoms with E-state index in [2.05, 4.69) is 9.55 Å². The fraction of sp³-hybridized carbons (Fsp3) is 0.350. The van der Waals surface area contributed by atoms with Crippen molar-refractivity contribution in [2.24, 2.45) is 7.05 Å². The maximum atomic E-state index is 12.7. The Morgan fingerprint density at radius 2 is 2.15 bits per heavy atom. The Balaban J connectivity index is 1.49. The van der Waals surface area contributed by atoms with Crippen LogP contribution in [0.1, 0.15) is 23.7 Å². The first kappa shape index (κ1) is 16.6. The summed E-state index contributed by atoms with van der Waals surface area (Å²) >= 11 is 0. The highest BCUT2D eigenvalue weighted by Crippen LogP contribution is 2.29. The number of hydrogen-bond donors (Lipinski definition) is 0. The first-order chi connectivity index (χ1) is 12.7. The molecular weight excluding hydrogens is 328 g/mol. The molecule has 4 rings (SSSR count). The van der Waals surface area contributed by atoms with Crippen LogP contribution in [0, 0.1) is 0 Å². The molecule has 6 nitrogen and oxygen atoms in total. The van der Waals surface area contributed by atoms with Crippen LogP contribution < -0.4 is 4.74 Å². The number of rotatable bonds is 4. The van der Waals surface area contributed by atoms with Gasteiger partial charge in [-0.05, 0) is 18.6 Å². The maximum absolute atomic E-state index is 12.7. The van der Waals surface area contributed by atoms with E-state index < -0.39 is 0 Å². The zero-order chi connectivity index (χ0) is 18.1. The molecule has 1 unspecified atom stereocenters. The van der Waals surface area contributed by atoms with E-state index in [1.165, 1.54) is 0 Å². The summed E-state index contributed by atoms with van der Waals surface area (Å²) in [5.41, 5.74) is 2.91. The van der Waals surface area contributed by atoms with Crippen molar-refractivity contribution in [1.82, 2.24) is 19.4 Å². The molecule has 1 aliphatic rings. The van der Waals surface area contributed by atoms with Crippen molar-refractivity contribution in [3.8, 4) is 5.75 Å². The van der Waals surface area contributed by atoms with Crippen LogP contribution in [0.25, 0.3) is 11.0 Å². The van der Waals surface area contributed by atoms with Gasteiger partial charge in [0, 0.05) is 37.8 Å². The average molecular weight is 350 g/mol. The molecule has 1 fully saturated rings. The van der Waals surface area contributed by atoms with Gasteiger partial charge in [0.25, 0.3) is 0 Å². The van der Waals surface area contributed by atoms with Crippen LogP contribution in [0.4, 0.5) is 0 Å². The number of fused-ring (bicyclic) bond motifs is 1. The molecular formula is C20H22N4O2. The lowest BCUT2D eigenvalue weighted by Gasteiger charge is -2.17. The molecule has 1 amide bonds. The largest absolute Gasteiger partial charge is 0.496 e. The standard InChI is InChI=1S/C20H22N4O2/c1-23-17-12-21-9-7-16(17)22-20(23)15-8-10-24(13-15)19(25)11-14-5-3-4-6-18(14)26-2/h3-7,9,12,15H,8,10-11,13H2,1-2H3. The monoisotopic (exact) mass is 350 g/mol. The van der Waals surface area contributed by atoms with Gasteiger partial charge in [-0.1, -0.05) is 18.2 Å². The van der Waals surface area contributed by atoms with Crippen molar-refractivity contribution in [3.05, 3.63) is 54.1 Å². The molecule has 1 atom stereocenters. The second-order valence-corrected chi connectivity index (χ2v) is 6.71. The number of imidazole rings is 1. The molecule has 3 heterocycles. The molecule has 0 spiro atoms. The number of para-hydroxylation sites is 1. The summed E-state index contributed by atoms with van der Waals surface area (Å²) in [4.78, 5) is 23.6. The Kier molecular flexibility index (Phi) is 4.32. The van der Waals surface area contributed by atoms with E-state index in [4.69, 9.17) is 9.72 Å². The number of carbonyl (C=O) groups excluding carboxylic acids is 1. The van der Waals surface area contributed by atoms with Gasteiger partial charge in [0.1, 0.15) is 11.6 Å². The van der Waals surface area contributed by atoms with Crippen molar-refractivity contribution < 1.29 is 9.53 Å². The average Bonchev–Trinajstić information content (AvgIpc) is 3.28. The molecule has 1 saturated heterocycles. The molecule has 134 valence electrons. The number of aromatic nitrogens is 3. The number of carbonyl (C=O) groups is 1. The second-order valence-electron chi connectivity index (χ2n) is 6.71. The summed E-state index contributed by atoms with van der Waals surface area (Å²) in [5.74, 6) is 2.19. The number of methoxy groups -OCH3 is 1. The Morgan fingerprint density at radius 1 is 1.31 bits per heavy atom. The minimum Gasteiger partial charge on any atom is -0.496 e. The van der Waals surface area contributed by atoms with E-state index in [-0.39, 0.29) is 11.8 Å². The molecule has 0 aliphatic carbocycles. The molecule has 0 bridgehead atoms. The molecule has 1 aliphatic heterocycles. The third kappa shape index (κ3) is 2.92. The summed E-state index contributed by atoms with van der Waals surface area (Å²) in [5, 5.41) is 0.